The lowest BCUT2D eigenvalue weighted by atomic mass is 9.86. The molecule has 0 spiro atoms. The van der Waals surface area contributed by atoms with E-state index in [2.05, 4.69) is 33.3 Å². The molecular weight excluding hydrogens is 296 g/mol. The van der Waals surface area contributed by atoms with Crippen LogP contribution in [0.2, 0.25) is 0 Å². The van der Waals surface area contributed by atoms with E-state index in [9.17, 15) is 0 Å². The average molecular weight is 330 g/mol. The maximum absolute atomic E-state index is 8.97. The summed E-state index contributed by atoms with van der Waals surface area (Å²) in [4.78, 5) is 0. The number of hydrazine groups is 1. The standard InChI is InChI=1S/C15H34N6O2/c1-11(20-22)13(3,4)17-8-15(7,10-19-16)9-18-14(5,6)12(2)21-23/h17-19,22-23H,8-10,16H2,1-7H3/b20-11+,21-12+. The Morgan fingerprint density at radius 1 is 0.826 bits per heavy atom. The van der Waals surface area contributed by atoms with Crippen molar-refractivity contribution in [1.82, 2.24) is 16.1 Å². The summed E-state index contributed by atoms with van der Waals surface area (Å²) in [6.07, 6.45) is 0. The highest BCUT2D eigenvalue weighted by Gasteiger charge is 2.32. The van der Waals surface area contributed by atoms with Crippen LogP contribution in [0.1, 0.15) is 48.5 Å². The number of hydrogen-bond acceptors (Lipinski definition) is 8. The highest BCUT2D eigenvalue weighted by Crippen LogP contribution is 2.17. The SMILES string of the molecule is C/C(=N\O)C(C)(C)NCC(C)(CNN)CNC(C)(C)/C(C)=N/O. The molecule has 0 radical (unpaired) electrons. The van der Waals surface area contributed by atoms with Gasteiger partial charge < -0.3 is 21.0 Å². The Hall–Kier alpha value is -1.22. The van der Waals surface area contributed by atoms with E-state index >= 15 is 0 Å². The molecule has 0 aliphatic rings. The fraction of sp³-hybridized carbons (Fsp3) is 0.867. The Balaban J connectivity index is 4.94. The first-order chi connectivity index (χ1) is 10.4. The number of oxime groups is 2. The molecule has 0 aliphatic heterocycles. The predicted molar refractivity (Wildman–Crippen MR) is 94.3 cm³/mol. The molecule has 8 heteroatoms. The number of nitrogens with one attached hydrogen (secondary N) is 3. The molecule has 0 aromatic carbocycles. The van der Waals surface area contributed by atoms with Gasteiger partial charge in [0.15, 0.2) is 0 Å². The van der Waals surface area contributed by atoms with Crippen molar-refractivity contribution in [3.63, 3.8) is 0 Å². The van der Waals surface area contributed by atoms with Crippen molar-refractivity contribution in [2.45, 2.75) is 59.5 Å². The third kappa shape index (κ3) is 6.82. The molecular formula is C15H34N6O2. The van der Waals surface area contributed by atoms with E-state index in [0.29, 0.717) is 31.1 Å². The molecule has 0 amide bonds. The van der Waals surface area contributed by atoms with Crippen molar-refractivity contribution in [3.05, 3.63) is 0 Å². The Morgan fingerprint density at radius 2 is 1.17 bits per heavy atom. The second kappa shape index (κ2) is 8.58. The van der Waals surface area contributed by atoms with Crippen LogP contribution in [-0.4, -0.2) is 52.5 Å². The molecule has 0 bridgehead atoms. The van der Waals surface area contributed by atoms with E-state index in [4.69, 9.17) is 16.3 Å². The van der Waals surface area contributed by atoms with Gasteiger partial charge in [-0.3, -0.25) is 11.3 Å². The summed E-state index contributed by atoms with van der Waals surface area (Å²) < 4.78 is 0. The van der Waals surface area contributed by atoms with Gasteiger partial charge in [-0.2, -0.15) is 0 Å². The van der Waals surface area contributed by atoms with Crippen LogP contribution in [0, 0.1) is 5.41 Å². The minimum atomic E-state index is -0.428. The maximum Gasteiger partial charge on any atom is 0.0734 e. The van der Waals surface area contributed by atoms with Gasteiger partial charge in [0.05, 0.1) is 22.5 Å². The summed E-state index contributed by atoms with van der Waals surface area (Å²) in [7, 11) is 0. The van der Waals surface area contributed by atoms with Crippen LogP contribution in [0.15, 0.2) is 10.3 Å². The molecule has 0 atom stereocenters. The van der Waals surface area contributed by atoms with Gasteiger partial charge in [-0.15, -0.1) is 0 Å². The van der Waals surface area contributed by atoms with Gasteiger partial charge in [0, 0.05) is 25.0 Å². The van der Waals surface area contributed by atoms with Crippen LogP contribution >= 0.6 is 0 Å². The topological polar surface area (TPSA) is 127 Å². The number of rotatable bonds is 10. The summed E-state index contributed by atoms with van der Waals surface area (Å²) >= 11 is 0. The van der Waals surface area contributed by atoms with Gasteiger partial charge in [0.1, 0.15) is 0 Å². The van der Waals surface area contributed by atoms with Crippen LogP contribution in [0.25, 0.3) is 0 Å². The third-order valence-corrected chi connectivity index (χ3v) is 4.55. The van der Waals surface area contributed by atoms with E-state index < -0.39 is 11.1 Å². The molecule has 0 unspecified atom stereocenters. The Labute approximate surface area is 139 Å². The van der Waals surface area contributed by atoms with Gasteiger partial charge >= 0.3 is 0 Å². The first-order valence-electron chi connectivity index (χ1n) is 7.76. The molecule has 0 saturated carbocycles. The van der Waals surface area contributed by atoms with E-state index in [1.807, 2.05) is 27.7 Å². The Morgan fingerprint density at radius 3 is 1.43 bits per heavy atom. The van der Waals surface area contributed by atoms with Gasteiger partial charge in [-0.1, -0.05) is 17.2 Å². The molecule has 0 heterocycles. The summed E-state index contributed by atoms with van der Waals surface area (Å²) in [6.45, 7) is 15.3. The summed E-state index contributed by atoms with van der Waals surface area (Å²) in [6, 6.07) is 0. The fourth-order valence-electron chi connectivity index (χ4n) is 1.81. The van der Waals surface area contributed by atoms with Crippen molar-refractivity contribution in [2.24, 2.45) is 21.6 Å². The number of hydrogen-bond donors (Lipinski definition) is 6. The quantitative estimate of drug-likeness (QED) is 0.153. The molecule has 0 aromatic heterocycles. The van der Waals surface area contributed by atoms with Crippen LogP contribution in [0.5, 0.6) is 0 Å². The molecule has 0 aromatic rings. The third-order valence-electron chi connectivity index (χ3n) is 4.55. The molecule has 136 valence electrons. The lowest BCUT2D eigenvalue weighted by molar-refractivity contribution is 0.239. The highest BCUT2D eigenvalue weighted by atomic mass is 16.4. The van der Waals surface area contributed by atoms with Crippen molar-refractivity contribution in [1.29, 1.82) is 0 Å². The van der Waals surface area contributed by atoms with E-state index in [0.717, 1.165) is 0 Å². The Kier molecular flexibility index (Phi) is 8.13. The maximum atomic E-state index is 8.97. The van der Waals surface area contributed by atoms with Crippen molar-refractivity contribution < 1.29 is 10.4 Å². The normalized spacial score (nSPS) is 17.2. The summed E-state index contributed by atoms with van der Waals surface area (Å²) in [5.74, 6) is 5.53. The number of nitrogens with two attached hydrogens (primary N) is 1. The fourth-order valence-corrected chi connectivity index (χ4v) is 1.81. The molecule has 23 heavy (non-hydrogen) atoms. The predicted octanol–water partition coefficient (Wildman–Crippen LogP) is 0.893. The smallest absolute Gasteiger partial charge is 0.0734 e. The highest BCUT2D eigenvalue weighted by molar-refractivity contribution is 5.90. The van der Waals surface area contributed by atoms with Gasteiger partial charge in [-0.05, 0) is 41.5 Å². The second-order valence-electron chi connectivity index (χ2n) is 7.52. The zero-order valence-electron chi connectivity index (χ0n) is 15.5. The number of nitrogens with zero attached hydrogens (tertiary/aromatic N) is 2. The van der Waals surface area contributed by atoms with Gasteiger partial charge in [-0.25, -0.2) is 0 Å². The zero-order chi connectivity index (χ0) is 18.3. The first-order valence-corrected chi connectivity index (χ1v) is 7.76. The average Bonchev–Trinajstić information content (AvgIpc) is 2.50. The molecule has 7 N–H and O–H groups in total. The van der Waals surface area contributed by atoms with Crippen LogP contribution < -0.4 is 21.9 Å². The summed E-state index contributed by atoms with van der Waals surface area (Å²) in [5, 5.41) is 31.3. The van der Waals surface area contributed by atoms with Crippen molar-refractivity contribution in [2.75, 3.05) is 19.6 Å². The van der Waals surface area contributed by atoms with E-state index in [-0.39, 0.29) is 5.41 Å². The Bertz CT molecular complexity index is 398. The first kappa shape index (κ1) is 21.8. The van der Waals surface area contributed by atoms with Crippen LogP contribution in [0.3, 0.4) is 0 Å². The van der Waals surface area contributed by atoms with Gasteiger partial charge in [0.2, 0.25) is 0 Å². The lowest BCUT2D eigenvalue weighted by Crippen LogP contribution is -2.57. The van der Waals surface area contributed by atoms with Crippen molar-refractivity contribution in [3.8, 4) is 0 Å². The van der Waals surface area contributed by atoms with Gasteiger partial charge in [0.25, 0.3) is 0 Å². The van der Waals surface area contributed by atoms with Crippen LogP contribution in [-0.2, 0) is 0 Å². The second-order valence-corrected chi connectivity index (χ2v) is 7.52. The zero-order valence-corrected chi connectivity index (χ0v) is 15.5. The molecule has 0 saturated heterocycles. The molecule has 0 fully saturated rings. The lowest BCUT2D eigenvalue weighted by Gasteiger charge is -2.37. The van der Waals surface area contributed by atoms with E-state index in [1.165, 1.54) is 0 Å². The minimum Gasteiger partial charge on any atom is -0.411 e. The van der Waals surface area contributed by atoms with Crippen molar-refractivity contribution >= 4 is 11.4 Å². The summed E-state index contributed by atoms with van der Waals surface area (Å²) in [5.41, 5.74) is 2.89. The monoisotopic (exact) mass is 330 g/mol. The van der Waals surface area contributed by atoms with Crippen LogP contribution in [0.4, 0.5) is 0 Å². The minimum absolute atomic E-state index is 0.200. The van der Waals surface area contributed by atoms with E-state index in [1.54, 1.807) is 13.8 Å². The molecule has 0 aliphatic carbocycles. The molecule has 8 nitrogen and oxygen atoms in total. The largest absolute Gasteiger partial charge is 0.411 e. The molecule has 0 rings (SSSR count).